The summed E-state index contributed by atoms with van der Waals surface area (Å²) < 4.78 is 0. The summed E-state index contributed by atoms with van der Waals surface area (Å²) in [5.41, 5.74) is 1.21. The van der Waals surface area contributed by atoms with E-state index in [0.717, 1.165) is 19.3 Å². The maximum atomic E-state index is 12.1. The molecule has 0 aromatic heterocycles. The summed E-state index contributed by atoms with van der Waals surface area (Å²) in [4.78, 5) is 12.1. The summed E-state index contributed by atoms with van der Waals surface area (Å²) in [5.74, 6) is 0.824. The highest BCUT2D eigenvalue weighted by Gasteiger charge is 2.49. The molecule has 1 saturated heterocycles. The number of hydrogen-bond donors (Lipinski definition) is 1. The van der Waals surface area contributed by atoms with Crippen molar-refractivity contribution in [3.63, 3.8) is 0 Å². The van der Waals surface area contributed by atoms with Crippen molar-refractivity contribution in [1.29, 1.82) is 0 Å². The van der Waals surface area contributed by atoms with Crippen molar-refractivity contribution in [2.45, 2.75) is 45.1 Å². The van der Waals surface area contributed by atoms with Gasteiger partial charge in [0, 0.05) is 11.8 Å². The van der Waals surface area contributed by atoms with E-state index >= 15 is 0 Å². The molecule has 96 valence electrons. The molecule has 3 rings (SSSR count). The molecule has 3 aliphatic rings. The molecule has 2 heteroatoms. The summed E-state index contributed by atoms with van der Waals surface area (Å²) in [6.45, 7) is 4.47. The Bertz CT molecular complexity index is 473. The molecule has 0 bridgehead atoms. The average molecular weight is 243 g/mol. The van der Waals surface area contributed by atoms with Crippen molar-refractivity contribution in [3.8, 4) is 0 Å². The highest BCUT2D eigenvalue weighted by molar-refractivity contribution is 5.82. The monoisotopic (exact) mass is 243 g/mol. The normalized spacial score (nSPS) is 42.4. The van der Waals surface area contributed by atoms with Crippen LogP contribution in [0.4, 0.5) is 0 Å². The Morgan fingerprint density at radius 1 is 1.44 bits per heavy atom. The maximum Gasteiger partial charge on any atom is 0.221 e. The molecule has 18 heavy (non-hydrogen) atoms. The molecule has 0 aromatic carbocycles. The average Bonchev–Trinajstić information content (AvgIpc) is 2.32. The molecular formula is C16H21NO. The Hall–Kier alpha value is -1.31. The van der Waals surface area contributed by atoms with Gasteiger partial charge in [0.15, 0.2) is 0 Å². The van der Waals surface area contributed by atoms with E-state index in [1.165, 1.54) is 5.57 Å². The molecule has 1 heterocycles. The lowest BCUT2D eigenvalue weighted by molar-refractivity contribution is -0.126. The second-order valence-electron chi connectivity index (χ2n) is 6.34. The van der Waals surface area contributed by atoms with E-state index in [0.29, 0.717) is 12.3 Å². The third-order valence-electron chi connectivity index (χ3n) is 4.71. The van der Waals surface area contributed by atoms with Gasteiger partial charge in [-0.3, -0.25) is 4.79 Å². The predicted molar refractivity (Wildman–Crippen MR) is 73.0 cm³/mol. The van der Waals surface area contributed by atoms with E-state index in [4.69, 9.17) is 0 Å². The molecule has 2 aliphatic carbocycles. The molecule has 3 atom stereocenters. The van der Waals surface area contributed by atoms with Crippen LogP contribution in [0, 0.1) is 11.3 Å². The van der Waals surface area contributed by atoms with E-state index in [1.807, 2.05) is 0 Å². The molecule has 3 unspecified atom stereocenters. The Balaban J connectivity index is 2.07. The van der Waals surface area contributed by atoms with Crippen LogP contribution in [0.15, 0.2) is 36.0 Å². The summed E-state index contributed by atoms with van der Waals surface area (Å²) in [7, 11) is 0. The lowest BCUT2D eigenvalue weighted by Gasteiger charge is -2.50. The van der Waals surface area contributed by atoms with Gasteiger partial charge in [0.1, 0.15) is 0 Å². The standard InChI is InChI=1S/C16H21NO/c1-12-6-9-16(10-7-12)13-5-3-4-8-15(13,2)11-14(18)17-16/h3-6,9,12H,7-8,10-11H2,1-2H3,(H,17,18). The predicted octanol–water partition coefficient (Wildman–Crippen LogP) is 3.12. The smallest absolute Gasteiger partial charge is 0.221 e. The molecule has 1 aliphatic heterocycles. The number of carbonyl (C=O) groups is 1. The third kappa shape index (κ3) is 1.66. The fourth-order valence-corrected chi connectivity index (χ4v) is 3.66. The fraction of sp³-hybridized carbons (Fsp3) is 0.562. The minimum atomic E-state index is -0.207. The second kappa shape index (κ2) is 3.84. The molecule has 2 nitrogen and oxygen atoms in total. The first-order chi connectivity index (χ1) is 8.54. The number of amides is 1. The molecule has 0 saturated carbocycles. The summed E-state index contributed by atoms with van der Waals surface area (Å²) in [5, 5.41) is 3.25. The number of rotatable bonds is 0. The van der Waals surface area contributed by atoms with E-state index in [-0.39, 0.29) is 16.9 Å². The van der Waals surface area contributed by atoms with Gasteiger partial charge in [-0.25, -0.2) is 0 Å². The summed E-state index contributed by atoms with van der Waals surface area (Å²) >= 11 is 0. The second-order valence-corrected chi connectivity index (χ2v) is 6.34. The minimum absolute atomic E-state index is 0.0159. The molecule has 1 fully saturated rings. The number of fused-ring (bicyclic) bond motifs is 2. The van der Waals surface area contributed by atoms with Crippen LogP contribution in [0.1, 0.15) is 39.5 Å². The van der Waals surface area contributed by atoms with Gasteiger partial charge in [-0.05, 0) is 30.8 Å². The van der Waals surface area contributed by atoms with E-state index < -0.39 is 0 Å². The van der Waals surface area contributed by atoms with Crippen LogP contribution in [0.2, 0.25) is 0 Å². The third-order valence-corrected chi connectivity index (χ3v) is 4.71. The van der Waals surface area contributed by atoms with E-state index in [2.05, 4.69) is 49.5 Å². The van der Waals surface area contributed by atoms with Crippen LogP contribution >= 0.6 is 0 Å². The quantitative estimate of drug-likeness (QED) is 0.651. The number of carbonyl (C=O) groups excluding carboxylic acids is 1. The zero-order valence-corrected chi connectivity index (χ0v) is 11.2. The van der Waals surface area contributed by atoms with Gasteiger partial charge in [-0.1, -0.05) is 44.2 Å². The Morgan fingerprint density at radius 2 is 2.28 bits per heavy atom. The van der Waals surface area contributed by atoms with Gasteiger partial charge >= 0.3 is 0 Å². The van der Waals surface area contributed by atoms with Gasteiger partial charge in [0.2, 0.25) is 5.91 Å². The van der Waals surface area contributed by atoms with Crippen LogP contribution in [0.3, 0.4) is 0 Å². The Morgan fingerprint density at radius 3 is 3.00 bits per heavy atom. The summed E-state index contributed by atoms with van der Waals surface area (Å²) in [6.07, 6.45) is 14.8. The summed E-state index contributed by atoms with van der Waals surface area (Å²) in [6, 6.07) is 0. The molecule has 0 radical (unpaired) electrons. The van der Waals surface area contributed by atoms with Gasteiger partial charge in [0.05, 0.1) is 5.54 Å². The van der Waals surface area contributed by atoms with Gasteiger partial charge < -0.3 is 5.32 Å². The molecule has 1 N–H and O–H groups in total. The lowest BCUT2D eigenvalue weighted by atomic mass is 9.61. The number of hydrogen-bond acceptors (Lipinski definition) is 1. The van der Waals surface area contributed by atoms with Gasteiger partial charge in [-0.15, -0.1) is 0 Å². The number of nitrogens with one attached hydrogen (secondary N) is 1. The van der Waals surface area contributed by atoms with Crippen molar-refractivity contribution in [1.82, 2.24) is 5.32 Å². The Kier molecular flexibility index (Phi) is 2.51. The van der Waals surface area contributed by atoms with Crippen molar-refractivity contribution in [2.75, 3.05) is 0 Å². The van der Waals surface area contributed by atoms with E-state index in [1.54, 1.807) is 0 Å². The van der Waals surface area contributed by atoms with Gasteiger partial charge in [-0.2, -0.15) is 0 Å². The maximum absolute atomic E-state index is 12.1. The first kappa shape index (κ1) is 11.8. The first-order valence-corrected chi connectivity index (χ1v) is 6.92. The first-order valence-electron chi connectivity index (χ1n) is 6.92. The van der Waals surface area contributed by atoms with Crippen LogP contribution in [0.25, 0.3) is 0 Å². The van der Waals surface area contributed by atoms with Crippen LogP contribution in [-0.4, -0.2) is 11.4 Å². The highest BCUT2D eigenvalue weighted by Crippen LogP contribution is 2.49. The number of allylic oxidation sites excluding steroid dienone is 4. The van der Waals surface area contributed by atoms with Crippen LogP contribution in [-0.2, 0) is 4.79 Å². The fourth-order valence-electron chi connectivity index (χ4n) is 3.66. The molecule has 1 spiro atoms. The zero-order valence-electron chi connectivity index (χ0n) is 11.2. The SMILES string of the molecule is CC1C=CC2(CC1)NC(=O)CC1(C)CC=CC=C12. The number of piperidine rings is 1. The lowest BCUT2D eigenvalue weighted by Crippen LogP contribution is -2.58. The molecule has 1 amide bonds. The molecule has 0 aromatic rings. The topological polar surface area (TPSA) is 29.1 Å². The minimum Gasteiger partial charge on any atom is -0.343 e. The largest absolute Gasteiger partial charge is 0.343 e. The Labute approximate surface area is 109 Å². The van der Waals surface area contributed by atoms with Crippen LogP contribution in [0.5, 0.6) is 0 Å². The highest BCUT2D eigenvalue weighted by atomic mass is 16.1. The van der Waals surface area contributed by atoms with Gasteiger partial charge in [0.25, 0.3) is 0 Å². The molecular weight excluding hydrogens is 222 g/mol. The van der Waals surface area contributed by atoms with Crippen molar-refractivity contribution in [3.05, 3.63) is 36.0 Å². The van der Waals surface area contributed by atoms with Crippen molar-refractivity contribution >= 4 is 5.91 Å². The zero-order chi connectivity index (χ0) is 12.8. The van der Waals surface area contributed by atoms with E-state index in [9.17, 15) is 4.79 Å². The van der Waals surface area contributed by atoms with Crippen LogP contribution < -0.4 is 5.32 Å². The van der Waals surface area contributed by atoms with Crippen molar-refractivity contribution < 1.29 is 4.79 Å². The van der Waals surface area contributed by atoms with Crippen molar-refractivity contribution in [2.24, 2.45) is 11.3 Å².